The Labute approximate surface area is 127 Å². The van der Waals surface area contributed by atoms with Crippen molar-refractivity contribution in [2.24, 2.45) is 0 Å². The summed E-state index contributed by atoms with van der Waals surface area (Å²) in [6, 6.07) is 7.30. The fourth-order valence-corrected chi connectivity index (χ4v) is 2.84. The highest BCUT2D eigenvalue weighted by molar-refractivity contribution is 6.33. The molecule has 3 nitrogen and oxygen atoms in total. The van der Waals surface area contributed by atoms with Crippen LogP contribution >= 0.6 is 11.6 Å². The Hall–Kier alpha value is -0.770. The maximum atomic E-state index is 6.49. The molecule has 20 heavy (non-hydrogen) atoms. The number of hydrogen-bond acceptors (Lipinski definition) is 3. The zero-order chi connectivity index (χ0) is 14.5. The van der Waals surface area contributed by atoms with Gasteiger partial charge in [0.15, 0.2) is 0 Å². The molecule has 0 radical (unpaired) electrons. The molecule has 0 amide bonds. The molecule has 0 spiro atoms. The van der Waals surface area contributed by atoms with Gasteiger partial charge in [0.2, 0.25) is 0 Å². The molecule has 1 aromatic carbocycles. The van der Waals surface area contributed by atoms with Crippen LogP contribution in [0.4, 0.5) is 5.69 Å². The van der Waals surface area contributed by atoms with Crippen LogP contribution in [0.3, 0.4) is 0 Å². The molecule has 112 valence electrons. The van der Waals surface area contributed by atoms with Gasteiger partial charge in [0, 0.05) is 19.1 Å². The maximum Gasteiger partial charge on any atom is 0.0670 e. The van der Waals surface area contributed by atoms with Crippen LogP contribution < -0.4 is 10.2 Å². The smallest absolute Gasteiger partial charge is 0.0670 e. The van der Waals surface area contributed by atoms with E-state index in [-0.39, 0.29) is 0 Å². The predicted octanol–water partition coefficient (Wildman–Crippen LogP) is 3.45. The molecule has 1 saturated heterocycles. The van der Waals surface area contributed by atoms with Crippen LogP contribution in [0.2, 0.25) is 5.02 Å². The molecule has 0 saturated carbocycles. The van der Waals surface area contributed by atoms with Gasteiger partial charge in [0.25, 0.3) is 0 Å². The lowest BCUT2D eigenvalue weighted by molar-refractivity contribution is 0.0930. The highest BCUT2D eigenvalue weighted by atomic mass is 35.5. The fraction of sp³-hybridized carbons (Fsp3) is 0.625. The first-order chi connectivity index (χ1) is 9.61. The van der Waals surface area contributed by atoms with Gasteiger partial charge in [-0.2, -0.15) is 0 Å². The Morgan fingerprint density at radius 1 is 1.45 bits per heavy atom. The molecule has 1 fully saturated rings. The average molecular weight is 297 g/mol. The summed E-state index contributed by atoms with van der Waals surface area (Å²) in [5.41, 5.74) is 2.36. The van der Waals surface area contributed by atoms with E-state index in [1.54, 1.807) is 0 Å². The van der Waals surface area contributed by atoms with Gasteiger partial charge < -0.3 is 15.0 Å². The number of rotatable bonds is 5. The normalized spacial score (nSPS) is 19.6. The monoisotopic (exact) mass is 296 g/mol. The third kappa shape index (κ3) is 3.87. The summed E-state index contributed by atoms with van der Waals surface area (Å²) in [7, 11) is 0. The van der Waals surface area contributed by atoms with Gasteiger partial charge in [-0.25, -0.2) is 0 Å². The van der Waals surface area contributed by atoms with Crippen molar-refractivity contribution in [3.8, 4) is 0 Å². The van der Waals surface area contributed by atoms with Crippen LogP contribution in [0.1, 0.15) is 32.8 Å². The summed E-state index contributed by atoms with van der Waals surface area (Å²) < 4.78 is 5.56. The molecular weight excluding hydrogens is 272 g/mol. The van der Waals surface area contributed by atoms with Crippen LogP contribution in [0.15, 0.2) is 18.2 Å². The summed E-state index contributed by atoms with van der Waals surface area (Å²) in [6.45, 7) is 9.85. The minimum atomic E-state index is 0.431. The number of nitrogens with one attached hydrogen (secondary N) is 1. The quantitative estimate of drug-likeness (QED) is 0.901. The van der Waals surface area contributed by atoms with E-state index in [0.717, 1.165) is 43.4 Å². The molecule has 1 heterocycles. The number of halogens is 1. The Kier molecular flexibility index (Phi) is 5.70. The molecule has 0 aromatic heterocycles. The third-order valence-corrected chi connectivity index (χ3v) is 4.04. The van der Waals surface area contributed by atoms with Crippen LogP contribution in [-0.4, -0.2) is 31.8 Å². The number of anilines is 1. The Balaban J connectivity index is 2.12. The van der Waals surface area contributed by atoms with Gasteiger partial charge in [-0.15, -0.1) is 0 Å². The minimum absolute atomic E-state index is 0.431. The number of ether oxygens (including phenoxy) is 1. The summed E-state index contributed by atoms with van der Waals surface area (Å²) >= 11 is 6.49. The lowest BCUT2D eigenvalue weighted by atomic mass is 10.1. The van der Waals surface area contributed by atoms with Crippen LogP contribution in [0.25, 0.3) is 0 Å². The summed E-state index contributed by atoms with van der Waals surface area (Å²) in [5.74, 6) is 0. The van der Waals surface area contributed by atoms with Crippen molar-refractivity contribution >= 4 is 17.3 Å². The highest BCUT2D eigenvalue weighted by Crippen LogP contribution is 2.30. The zero-order valence-corrected chi connectivity index (χ0v) is 13.4. The van der Waals surface area contributed by atoms with E-state index in [4.69, 9.17) is 16.3 Å². The van der Waals surface area contributed by atoms with Gasteiger partial charge in [0.05, 0.1) is 30.0 Å². The largest absolute Gasteiger partial charge is 0.377 e. The molecule has 1 atom stereocenters. The first-order valence-corrected chi connectivity index (χ1v) is 7.85. The average Bonchev–Trinajstić information content (AvgIpc) is 2.45. The third-order valence-electron chi connectivity index (χ3n) is 3.73. The summed E-state index contributed by atoms with van der Waals surface area (Å²) in [4.78, 5) is 2.38. The van der Waals surface area contributed by atoms with E-state index >= 15 is 0 Å². The van der Waals surface area contributed by atoms with Crippen molar-refractivity contribution in [2.75, 3.05) is 24.7 Å². The van der Waals surface area contributed by atoms with Crippen molar-refractivity contribution in [3.05, 3.63) is 28.8 Å². The SMILES string of the molecule is CCC1COCCN1c1ccc(CNC(C)C)cc1Cl. The fourth-order valence-electron chi connectivity index (χ4n) is 2.53. The first-order valence-electron chi connectivity index (χ1n) is 7.48. The highest BCUT2D eigenvalue weighted by Gasteiger charge is 2.23. The zero-order valence-electron chi connectivity index (χ0n) is 12.7. The Bertz CT molecular complexity index is 436. The topological polar surface area (TPSA) is 24.5 Å². The molecule has 1 unspecified atom stereocenters. The summed E-state index contributed by atoms with van der Waals surface area (Å²) in [6.07, 6.45) is 1.08. The van der Waals surface area contributed by atoms with Gasteiger partial charge in [-0.1, -0.05) is 38.4 Å². The second kappa shape index (κ2) is 7.30. The predicted molar refractivity (Wildman–Crippen MR) is 85.7 cm³/mol. The minimum Gasteiger partial charge on any atom is -0.377 e. The summed E-state index contributed by atoms with van der Waals surface area (Å²) in [5, 5.41) is 4.26. The number of hydrogen-bond donors (Lipinski definition) is 1. The van der Waals surface area contributed by atoms with Crippen LogP contribution in [-0.2, 0) is 11.3 Å². The van der Waals surface area contributed by atoms with E-state index in [9.17, 15) is 0 Å². The van der Waals surface area contributed by atoms with Crippen LogP contribution in [0, 0.1) is 0 Å². The molecular formula is C16H25ClN2O. The molecule has 4 heteroatoms. The van der Waals surface area contributed by atoms with Gasteiger partial charge in [-0.05, 0) is 24.1 Å². The number of morpholine rings is 1. The van der Waals surface area contributed by atoms with Crippen molar-refractivity contribution in [1.82, 2.24) is 5.32 Å². The van der Waals surface area contributed by atoms with Gasteiger partial charge in [-0.3, -0.25) is 0 Å². The second-order valence-electron chi connectivity index (χ2n) is 5.65. The van der Waals surface area contributed by atoms with Crippen molar-refractivity contribution in [1.29, 1.82) is 0 Å². The second-order valence-corrected chi connectivity index (χ2v) is 6.06. The maximum absolute atomic E-state index is 6.49. The van der Waals surface area contributed by atoms with E-state index in [1.807, 2.05) is 0 Å². The Morgan fingerprint density at radius 2 is 2.25 bits per heavy atom. The van der Waals surface area contributed by atoms with E-state index < -0.39 is 0 Å². The molecule has 1 aliphatic rings. The molecule has 1 aliphatic heterocycles. The van der Waals surface area contributed by atoms with Crippen molar-refractivity contribution in [2.45, 2.75) is 45.8 Å². The lowest BCUT2D eigenvalue weighted by Gasteiger charge is -2.37. The molecule has 0 bridgehead atoms. The van der Waals surface area contributed by atoms with E-state index in [0.29, 0.717) is 12.1 Å². The Morgan fingerprint density at radius 3 is 2.90 bits per heavy atom. The van der Waals surface area contributed by atoms with E-state index in [2.05, 4.69) is 49.2 Å². The van der Waals surface area contributed by atoms with Crippen LogP contribution in [0.5, 0.6) is 0 Å². The molecule has 0 aliphatic carbocycles. The first kappa shape index (κ1) is 15.6. The van der Waals surface area contributed by atoms with Gasteiger partial charge >= 0.3 is 0 Å². The number of benzene rings is 1. The van der Waals surface area contributed by atoms with E-state index in [1.165, 1.54) is 5.56 Å². The van der Waals surface area contributed by atoms with Crippen molar-refractivity contribution < 1.29 is 4.74 Å². The molecule has 1 aromatic rings. The lowest BCUT2D eigenvalue weighted by Crippen LogP contribution is -2.45. The molecule has 1 N–H and O–H groups in total. The standard InChI is InChI=1S/C16H25ClN2O/c1-4-14-11-20-8-7-19(14)16-6-5-13(9-15(16)17)10-18-12(2)3/h5-6,9,12,14,18H,4,7-8,10-11H2,1-3H3. The van der Waals surface area contributed by atoms with Gasteiger partial charge in [0.1, 0.15) is 0 Å². The molecule has 2 rings (SSSR count). The van der Waals surface area contributed by atoms with Crippen molar-refractivity contribution in [3.63, 3.8) is 0 Å². The number of nitrogens with zero attached hydrogens (tertiary/aromatic N) is 1.